The van der Waals surface area contributed by atoms with Crippen LogP contribution in [0.4, 0.5) is 5.82 Å². The number of amides is 1. The number of nitrogens with one attached hydrogen (secondary N) is 1. The summed E-state index contributed by atoms with van der Waals surface area (Å²) in [6.45, 7) is 9.93. The Labute approximate surface area is 335 Å². The topological polar surface area (TPSA) is 147 Å². The van der Waals surface area contributed by atoms with Crippen LogP contribution in [0.15, 0.2) is 53.7 Å². The minimum absolute atomic E-state index is 0.0293. The average Bonchev–Trinajstić information content (AvgIpc) is 3.70. The quantitative estimate of drug-likeness (QED) is 0.176. The van der Waals surface area contributed by atoms with Crippen LogP contribution in [-0.2, 0) is 0 Å². The molecule has 1 saturated heterocycles. The van der Waals surface area contributed by atoms with E-state index in [0.717, 1.165) is 96.6 Å². The molecule has 3 aliphatic rings. The minimum Gasteiger partial charge on any atom is -0.490 e. The van der Waals surface area contributed by atoms with Crippen LogP contribution < -0.4 is 15.0 Å². The molecule has 56 heavy (non-hydrogen) atoms. The van der Waals surface area contributed by atoms with Gasteiger partial charge in [-0.15, -0.1) is 31.7 Å². The van der Waals surface area contributed by atoms with Gasteiger partial charge in [0, 0.05) is 53.3 Å². The van der Waals surface area contributed by atoms with Crippen LogP contribution in [0, 0.1) is 49.9 Å². The van der Waals surface area contributed by atoms with Crippen LogP contribution in [0.25, 0.3) is 5.00 Å². The van der Waals surface area contributed by atoms with Crippen molar-refractivity contribution in [3.05, 3.63) is 104 Å². The summed E-state index contributed by atoms with van der Waals surface area (Å²) in [7, 11) is 0. The lowest BCUT2D eigenvalue weighted by molar-refractivity contribution is 0.0888. The van der Waals surface area contributed by atoms with E-state index in [2.05, 4.69) is 73.9 Å². The van der Waals surface area contributed by atoms with Crippen LogP contribution >= 0.6 is 22.9 Å². The summed E-state index contributed by atoms with van der Waals surface area (Å²) in [5.41, 5.74) is 5.59. The number of piperidine rings is 1. The van der Waals surface area contributed by atoms with Crippen molar-refractivity contribution in [2.45, 2.75) is 84.4 Å². The van der Waals surface area contributed by atoms with Gasteiger partial charge in [-0.3, -0.25) is 19.3 Å². The maximum absolute atomic E-state index is 13.0. The number of aromatic nitrogens is 6. The van der Waals surface area contributed by atoms with Gasteiger partial charge in [0.2, 0.25) is 0 Å². The Morgan fingerprint density at radius 1 is 0.982 bits per heavy atom. The molecule has 12 nitrogen and oxygen atoms in total. The Morgan fingerprint density at radius 2 is 1.79 bits per heavy atom. The maximum atomic E-state index is 13.0. The third-order valence-electron chi connectivity index (χ3n) is 10.9. The Bertz CT molecular complexity index is 2410. The molecule has 2 fully saturated rings. The Morgan fingerprint density at radius 3 is 2.48 bits per heavy atom. The Hall–Kier alpha value is -5.63. The minimum atomic E-state index is -0.220. The fourth-order valence-corrected chi connectivity index (χ4v) is 8.98. The predicted molar refractivity (Wildman–Crippen MR) is 216 cm³/mol. The van der Waals surface area contributed by atoms with Crippen LogP contribution in [0.5, 0.6) is 5.75 Å². The normalized spacial score (nSPS) is 19.4. The molecule has 6 heterocycles. The molecule has 1 N–H and O–H groups in total. The molecule has 1 amide bonds. The first-order chi connectivity index (χ1) is 27.1. The van der Waals surface area contributed by atoms with Crippen molar-refractivity contribution in [3.63, 3.8) is 0 Å². The molecule has 0 radical (unpaired) electrons. The van der Waals surface area contributed by atoms with Crippen molar-refractivity contribution >= 4 is 40.4 Å². The summed E-state index contributed by atoms with van der Waals surface area (Å²) in [5, 5.41) is 31.2. The van der Waals surface area contributed by atoms with Gasteiger partial charge in [-0.25, -0.2) is 0 Å². The number of pyridine rings is 1. The first kappa shape index (κ1) is 37.3. The Kier molecular flexibility index (Phi) is 10.6. The van der Waals surface area contributed by atoms with Crippen molar-refractivity contribution in [2.24, 2.45) is 10.9 Å². The number of fused-ring (bicyclic) bond motifs is 3. The SMILES string of the molecule is Cc1sc2c(c1C)C(c1ccc(C#CC3CCN(c4ccc(C(=O)NC5CCC(Oc6ccc(C#N)c(Cl)c6)CC5)nn4)CC3)cn1)=N[C@@H](C)c1nnc(C)n1-2. The highest BCUT2D eigenvalue weighted by Gasteiger charge is 2.30. The predicted octanol–water partition coefficient (Wildman–Crippen LogP) is 7.26. The van der Waals surface area contributed by atoms with Gasteiger partial charge in [0.25, 0.3) is 5.91 Å². The average molecular weight is 785 g/mol. The zero-order valence-corrected chi connectivity index (χ0v) is 33.3. The summed E-state index contributed by atoms with van der Waals surface area (Å²) in [4.78, 5) is 26.4. The molecule has 8 rings (SSSR count). The first-order valence-corrected chi connectivity index (χ1v) is 20.2. The molecule has 0 unspecified atom stereocenters. The van der Waals surface area contributed by atoms with Crippen molar-refractivity contribution in [1.82, 2.24) is 35.3 Å². The van der Waals surface area contributed by atoms with Crippen molar-refractivity contribution in [2.75, 3.05) is 18.0 Å². The van der Waals surface area contributed by atoms with Crippen LogP contribution in [0.1, 0.15) is 106 Å². The molecule has 0 bridgehead atoms. The highest BCUT2D eigenvalue weighted by Crippen LogP contribution is 2.38. The van der Waals surface area contributed by atoms with Gasteiger partial charge in [0.15, 0.2) is 17.3 Å². The molecule has 1 atom stereocenters. The molecule has 4 aromatic heterocycles. The standard InChI is InChI=1S/C42H41ClN10O2S/c1-24-26(3)56-42-38(24)39(46-25(2)40-51-48-27(4)53(40)42)35-14-7-29(23-45-35)6-5-28-17-19-52(20-18-28)37-16-15-36(49-50-37)41(54)47-31-9-12-32(13-10-31)55-33-11-8-30(22-44)34(43)21-33/h7-8,11,14-16,21,23,25,28,31-32H,9-10,12-13,17-20H2,1-4H3,(H,47,54)/t25-,31?,32?/m0/s1. The third-order valence-corrected chi connectivity index (χ3v) is 12.4. The number of carbonyl (C=O) groups excluding carboxylic acids is 1. The lowest BCUT2D eigenvalue weighted by atomic mass is 9.93. The summed E-state index contributed by atoms with van der Waals surface area (Å²) in [6.07, 6.45) is 6.88. The van der Waals surface area contributed by atoms with Crippen molar-refractivity contribution < 1.29 is 9.53 Å². The number of rotatable bonds is 6. The number of carbonyl (C=O) groups is 1. The third kappa shape index (κ3) is 7.62. The number of hydrogen-bond acceptors (Lipinski definition) is 11. The molecule has 5 aromatic rings. The molecule has 1 aliphatic carbocycles. The largest absolute Gasteiger partial charge is 0.490 e. The first-order valence-electron chi connectivity index (χ1n) is 19.0. The van der Waals surface area contributed by atoms with E-state index in [0.29, 0.717) is 22.0 Å². The second-order valence-electron chi connectivity index (χ2n) is 14.6. The van der Waals surface area contributed by atoms with Gasteiger partial charge < -0.3 is 15.0 Å². The van der Waals surface area contributed by atoms with Crippen LogP contribution in [-0.4, -0.2) is 66.8 Å². The zero-order valence-electron chi connectivity index (χ0n) is 31.7. The van der Waals surface area contributed by atoms with Gasteiger partial charge >= 0.3 is 0 Å². The number of ether oxygens (including phenoxy) is 1. The summed E-state index contributed by atoms with van der Waals surface area (Å²) in [5.74, 6) is 9.98. The number of hydrogen-bond donors (Lipinski definition) is 1. The van der Waals surface area contributed by atoms with E-state index in [1.165, 1.54) is 10.4 Å². The van der Waals surface area contributed by atoms with E-state index in [9.17, 15) is 4.79 Å². The number of nitriles is 1. The number of benzene rings is 1. The zero-order chi connectivity index (χ0) is 38.9. The van der Waals surface area contributed by atoms with Crippen molar-refractivity contribution in [3.8, 4) is 28.7 Å². The molecule has 2 aliphatic heterocycles. The Balaban J connectivity index is 0.824. The van der Waals surface area contributed by atoms with E-state index in [1.807, 2.05) is 31.3 Å². The lowest BCUT2D eigenvalue weighted by Gasteiger charge is -2.30. The molecule has 14 heteroatoms. The number of nitrogens with zero attached hydrogens (tertiary/aromatic N) is 9. The lowest BCUT2D eigenvalue weighted by Crippen LogP contribution is -2.40. The summed E-state index contributed by atoms with van der Waals surface area (Å²) < 4.78 is 8.22. The van der Waals surface area contributed by atoms with Gasteiger partial charge in [-0.2, -0.15) is 5.26 Å². The van der Waals surface area contributed by atoms with Gasteiger partial charge in [0.1, 0.15) is 28.7 Å². The fourth-order valence-electron chi connectivity index (χ4n) is 7.55. The highest BCUT2D eigenvalue weighted by molar-refractivity contribution is 7.15. The second-order valence-corrected chi connectivity index (χ2v) is 16.2. The number of aliphatic imine (C=N–C) groups is 1. The van der Waals surface area contributed by atoms with Gasteiger partial charge in [-0.05, 0) is 108 Å². The van der Waals surface area contributed by atoms with E-state index in [-0.39, 0.29) is 30.0 Å². The number of halogens is 1. The van der Waals surface area contributed by atoms with Gasteiger partial charge in [0.05, 0.1) is 28.1 Å². The van der Waals surface area contributed by atoms with E-state index in [1.54, 1.807) is 35.6 Å². The number of anilines is 1. The van der Waals surface area contributed by atoms with E-state index in [4.69, 9.17) is 31.6 Å². The maximum Gasteiger partial charge on any atom is 0.272 e. The molecular weight excluding hydrogens is 744 g/mol. The summed E-state index contributed by atoms with van der Waals surface area (Å²) in [6, 6.07) is 14.7. The molecule has 0 spiro atoms. The number of thiophene rings is 1. The van der Waals surface area contributed by atoms with Crippen LogP contribution in [0.2, 0.25) is 5.02 Å². The molecule has 1 saturated carbocycles. The van der Waals surface area contributed by atoms with E-state index >= 15 is 0 Å². The molecule has 1 aromatic carbocycles. The fraction of sp³-hybridized carbons (Fsp3) is 0.381. The summed E-state index contributed by atoms with van der Waals surface area (Å²) >= 11 is 7.89. The van der Waals surface area contributed by atoms with Crippen LogP contribution in [0.3, 0.4) is 0 Å². The molecule has 284 valence electrons. The highest BCUT2D eigenvalue weighted by atomic mass is 35.5. The molecular formula is C42H41ClN10O2S. The smallest absolute Gasteiger partial charge is 0.272 e. The monoisotopic (exact) mass is 784 g/mol. The van der Waals surface area contributed by atoms with E-state index < -0.39 is 0 Å². The van der Waals surface area contributed by atoms with Crippen molar-refractivity contribution in [1.29, 1.82) is 5.26 Å². The number of aryl methyl sites for hydroxylation is 2. The van der Waals surface area contributed by atoms with Gasteiger partial charge in [-0.1, -0.05) is 23.4 Å². The second kappa shape index (κ2) is 15.8.